The average Bonchev–Trinajstić information content (AvgIpc) is 2.83. The summed E-state index contributed by atoms with van der Waals surface area (Å²) >= 11 is 0. The molecule has 20 heavy (non-hydrogen) atoms. The molecule has 0 spiro atoms. The fraction of sp³-hybridized carbons (Fsp3) is 0.278. The molecule has 1 heterocycles. The molecule has 2 aromatic rings. The first-order chi connectivity index (χ1) is 9.74. The Morgan fingerprint density at radius 1 is 1.15 bits per heavy atom. The van der Waals surface area contributed by atoms with Crippen LogP contribution in [0.25, 0.3) is 0 Å². The van der Waals surface area contributed by atoms with Gasteiger partial charge in [0, 0.05) is 23.6 Å². The maximum Gasteiger partial charge on any atom is 0.163 e. The second-order valence-corrected chi connectivity index (χ2v) is 5.87. The normalized spacial score (nSPS) is 23.4. The van der Waals surface area contributed by atoms with Gasteiger partial charge < -0.3 is 5.32 Å². The number of hydrogen-bond donors (Lipinski definition) is 1. The smallest absolute Gasteiger partial charge is 0.163 e. The number of aryl methyl sites for hydroxylation is 1. The molecule has 100 valence electrons. The SMILES string of the molecule is Cc1cc2c3c(c1)C(=O)CCC3C(c1ccccc1)N2. The van der Waals surface area contributed by atoms with E-state index in [1.807, 2.05) is 6.07 Å². The zero-order valence-electron chi connectivity index (χ0n) is 11.5. The molecule has 1 aliphatic heterocycles. The lowest BCUT2D eigenvalue weighted by Crippen LogP contribution is -2.18. The van der Waals surface area contributed by atoms with Gasteiger partial charge in [-0.25, -0.2) is 0 Å². The lowest BCUT2D eigenvalue weighted by molar-refractivity contribution is 0.0966. The van der Waals surface area contributed by atoms with Crippen molar-refractivity contribution in [3.63, 3.8) is 0 Å². The van der Waals surface area contributed by atoms with Gasteiger partial charge in [-0.1, -0.05) is 30.3 Å². The van der Waals surface area contributed by atoms with Gasteiger partial charge in [0.05, 0.1) is 6.04 Å². The summed E-state index contributed by atoms with van der Waals surface area (Å²) in [6.07, 6.45) is 1.63. The lowest BCUT2D eigenvalue weighted by atomic mass is 9.78. The Bertz CT molecular complexity index is 690. The molecule has 2 aliphatic rings. The molecule has 0 fully saturated rings. The Morgan fingerprint density at radius 2 is 1.95 bits per heavy atom. The fourth-order valence-electron chi connectivity index (χ4n) is 3.69. The molecule has 2 unspecified atom stereocenters. The van der Waals surface area contributed by atoms with Crippen molar-refractivity contribution in [2.75, 3.05) is 5.32 Å². The zero-order chi connectivity index (χ0) is 13.7. The molecule has 0 amide bonds. The summed E-state index contributed by atoms with van der Waals surface area (Å²) in [5.41, 5.74) is 5.83. The monoisotopic (exact) mass is 263 g/mol. The highest BCUT2D eigenvalue weighted by Gasteiger charge is 2.39. The van der Waals surface area contributed by atoms with Crippen LogP contribution in [0.4, 0.5) is 5.69 Å². The quantitative estimate of drug-likeness (QED) is 0.834. The number of hydrogen-bond acceptors (Lipinski definition) is 2. The summed E-state index contributed by atoms with van der Waals surface area (Å²) in [5.74, 6) is 0.734. The Balaban J connectivity index is 1.86. The first-order valence-corrected chi connectivity index (χ1v) is 7.23. The second-order valence-electron chi connectivity index (χ2n) is 5.87. The van der Waals surface area contributed by atoms with E-state index < -0.39 is 0 Å². The molecule has 2 atom stereocenters. The largest absolute Gasteiger partial charge is 0.377 e. The maximum atomic E-state index is 12.2. The van der Waals surface area contributed by atoms with Gasteiger partial charge in [0.1, 0.15) is 0 Å². The van der Waals surface area contributed by atoms with Crippen molar-refractivity contribution in [1.82, 2.24) is 0 Å². The molecule has 1 aliphatic carbocycles. The molecule has 0 bridgehead atoms. The minimum Gasteiger partial charge on any atom is -0.377 e. The van der Waals surface area contributed by atoms with Crippen molar-refractivity contribution in [3.05, 3.63) is 64.7 Å². The predicted octanol–water partition coefficient (Wildman–Crippen LogP) is 4.22. The van der Waals surface area contributed by atoms with E-state index in [1.54, 1.807) is 0 Å². The number of carbonyl (C=O) groups excluding carboxylic acids is 1. The Morgan fingerprint density at radius 3 is 2.75 bits per heavy atom. The number of rotatable bonds is 1. The number of benzene rings is 2. The van der Waals surface area contributed by atoms with Crippen molar-refractivity contribution >= 4 is 11.5 Å². The predicted molar refractivity (Wildman–Crippen MR) is 80.3 cm³/mol. The van der Waals surface area contributed by atoms with Crippen LogP contribution in [0.2, 0.25) is 0 Å². The van der Waals surface area contributed by atoms with Gasteiger partial charge in [-0.15, -0.1) is 0 Å². The Hall–Kier alpha value is -2.09. The molecule has 2 aromatic carbocycles. The summed E-state index contributed by atoms with van der Waals surface area (Å²) in [5, 5.41) is 3.64. The van der Waals surface area contributed by atoms with Crippen LogP contribution in [0, 0.1) is 6.92 Å². The van der Waals surface area contributed by atoms with E-state index in [-0.39, 0.29) is 0 Å². The van der Waals surface area contributed by atoms with Crippen molar-refractivity contribution in [1.29, 1.82) is 0 Å². The highest BCUT2D eigenvalue weighted by Crippen LogP contribution is 2.50. The molecule has 0 saturated heterocycles. The van der Waals surface area contributed by atoms with Crippen molar-refractivity contribution < 1.29 is 4.79 Å². The third-order valence-electron chi connectivity index (χ3n) is 4.55. The van der Waals surface area contributed by atoms with Crippen LogP contribution in [0.3, 0.4) is 0 Å². The van der Waals surface area contributed by atoms with E-state index >= 15 is 0 Å². The highest BCUT2D eigenvalue weighted by atomic mass is 16.1. The van der Waals surface area contributed by atoms with E-state index in [9.17, 15) is 4.79 Å². The van der Waals surface area contributed by atoms with E-state index in [1.165, 1.54) is 11.1 Å². The lowest BCUT2D eigenvalue weighted by Gasteiger charge is -2.25. The van der Waals surface area contributed by atoms with Crippen LogP contribution in [-0.4, -0.2) is 5.78 Å². The van der Waals surface area contributed by atoms with Gasteiger partial charge in [-0.05, 0) is 42.2 Å². The van der Waals surface area contributed by atoms with Crippen LogP contribution in [0.5, 0.6) is 0 Å². The molecular weight excluding hydrogens is 246 g/mol. The number of anilines is 1. The first-order valence-electron chi connectivity index (χ1n) is 7.23. The molecule has 4 rings (SSSR count). The topological polar surface area (TPSA) is 29.1 Å². The van der Waals surface area contributed by atoms with Gasteiger partial charge in [0.25, 0.3) is 0 Å². The average molecular weight is 263 g/mol. The van der Waals surface area contributed by atoms with E-state index in [2.05, 4.69) is 48.6 Å². The third-order valence-corrected chi connectivity index (χ3v) is 4.55. The molecule has 2 nitrogen and oxygen atoms in total. The summed E-state index contributed by atoms with van der Waals surface area (Å²) in [7, 11) is 0. The molecule has 0 aromatic heterocycles. The molecule has 0 saturated carbocycles. The van der Waals surface area contributed by atoms with Crippen LogP contribution in [0.15, 0.2) is 42.5 Å². The van der Waals surface area contributed by atoms with Crippen LogP contribution in [-0.2, 0) is 0 Å². The Labute approximate surface area is 118 Å². The van der Waals surface area contributed by atoms with Gasteiger partial charge >= 0.3 is 0 Å². The Kier molecular flexibility index (Phi) is 2.46. The van der Waals surface area contributed by atoms with Crippen molar-refractivity contribution in [2.45, 2.75) is 31.7 Å². The molecular formula is C18H17NO. The summed E-state index contributed by atoms with van der Waals surface area (Å²) in [6, 6.07) is 15.1. The number of nitrogens with one attached hydrogen (secondary N) is 1. The second kappa shape index (κ2) is 4.20. The number of carbonyl (C=O) groups is 1. The fourth-order valence-corrected chi connectivity index (χ4v) is 3.69. The van der Waals surface area contributed by atoms with Crippen LogP contribution in [0.1, 0.15) is 51.8 Å². The maximum absolute atomic E-state index is 12.2. The number of ketones is 1. The zero-order valence-corrected chi connectivity index (χ0v) is 11.5. The standard InChI is InChI=1S/C18H17NO/c1-11-9-14-16(20)8-7-13-17(14)15(10-11)19-18(13)12-5-3-2-4-6-12/h2-6,9-10,13,18-19H,7-8H2,1H3. The van der Waals surface area contributed by atoms with Crippen molar-refractivity contribution in [2.24, 2.45) is 0 Å². The first kappa shape index (κ1) is 11.7. The van der Waals surface area contributed by atoms with Crippen LogP contribution < -0.4 is 5.32 Å². The van der Waals surface area contributed by atoms with Gasteiger partial charge in [-0.3, -0.25) is 4.79 Å². The summed E-state index contributed by atoms with van der Waals surface area (Å²) in [6.45, 7) is 2.06. The summed E-state index contributed by atoms with van der Waals surface area (Å²) < 4.78 is 0. The van der Waals surface area contributed by atoms with E-state index in [0.29, 0.717) is 24.2 Å². The van der Waals surface area contributed by atoms with E-state index in [0.717, 1.165) is 23.2 Å². The molecule has 1 N–H and O–H groups in total. The van der Waals surface area contributed by atoms with Gasteiger partial charge in [0.2, 0.25) is 0 Å². The van der Waals surface area contributed by atoms with Crippen LogP contribution >= 0.6 is 0 Å². The van der Waals surface area contributed by atoms with Gasteiger partial charge in [-0.2, -0.15) is 0 Å². The van der Waals surface area contributed by atoms with E-state index in [4.69, 9.17) is 0 Å². The minimum absolute atomic E-state index is 0.303. The molecule has 0 radical (unpaired) electrons. The highest BCUT2D eigenvalue weighted by molar-refractivity contribution is 6.01. The summed E-state index contributed by atoms with van der Waals surface area (Å²) in [4.78, 5) is 12.2. The third kappa shape index (κ3) is 1.61. The minimum atomic E-state index is 0.303. The molecule has 2 heteroatoms. The van der Waals surface area contributed by atoms with Gasteiger partial charge in [0.15, 0.2) is 5.78 Å². The number of Topliss-reactive ketones (excluding diaryl/α,β-unsaturated/α-hetero) is 1. The van der Waals surface area contributed by atoms with Crippen molar-refractivity contribution in [3.8, 4) is 0 Å².